The lowest BCUT2D eigenvalue weighted by Gasteiger charge is -2.30. The number of aromatic nitrogens is 2. The summed E-state index contributed by atoms with van der Waals surface area (Å²) in [5, 5.41) is 24.2. The second kappa shape index (κ2) is 8.64. The molecule has 1 aliphatic rings. The second-order valence-electron chi connectivity index (χ2n) is 8.13. The fourth-order valence-electron chi connectivity index (χ4n) is 3.66. The third-order valence-corrected chi connectivity index (χ3v) is 5.88. The summed E-state index contributed by atoms with van der Waals surface area (Å²) in [5.74, 6) is 0.400. The second-order valence-corrected chi connectivity index (χ2v) is 8.57. The van der Waals surface area contributed by atoms with Gasteiger partial charge in [0, 0.05) is 22.5 Å². The number of carbonyl (C=O) groups is 1. The Kier molecular flexibility index (Phi) is 6.43. The first-order valence-corrected chi connectivity index (χ1v) is 10.2. The number of aliphatic hydroxyl groups is 1. The van der Waals surface area contributed by atoms with Gasteiger partial charge in [-0.25, -0.2) is 0 Å². The Hall–Kier alpha value is -1.89. The topological polar surface area (TPSA) is 90.0 Å². The van der Waals surface area contributed by atoms with Crippen LogP contribution in [0.25, 0.3) is 0 Å². The molecule has 6 nitrogen and oxygen atoms in total. The molecule has 3 rings (SSSR count). The van der Waals surface area contributed by atoms with Crippen LogP contribution in [0.1, 0.15) is 57.7 Å². The van der Waals surface area contributed by atoms with Gasteiger partial charge in [-0.3, -0.25) is 9.89 Å². The van der Waals surface area contributed by atoms with E-state index in [1.165, 1.54) is 0 Å². The molecular weight excluding hydrogens is 376 g/mol. The van der Waals surface area contributed by atoms with Crippen LogP contribution in [0, 0.1) is 0 Å². The average Bonchev–Trinajstić information content (AvgIpc) is 3.13. The van der Waals surface area contributed by atoms with Crippen LogP contribution >= 0.6 is 11.6 Å². The average molecular weight is 405 g/mol. The first-order chi connectivity index (χ1) is 13.3. The Morgan fingerprint density at radius 1 is 1.29 bits per heavy atom. The van der Waals surface area contributed by atoms with Gasteiger partial charge in [0.15, 0.2) is 0 Å². The fraction of sp³-hybridized carbons (Fsp3) is 0.524. The first kappa shape index (κ1) is 20.8. The Bertz CT molecular complexity index is 803. The quantitative estimate of drug-likeness (QED) is 0.592. The molecule has 1 heterocycles. The van der Waals surface area contributed by atoms with E-state index in [4.69, 9.17) is 11.6 Å². The summed E-state index contributed by atoms with van der Waals surface area (Å²) in [6.07, 6.45) is 3.41. The zero-order valence-corrected chi connectivity index (χ0v) is 17.4. The lowest BCUT2D eigenvalue weighted by Crippen LogP contribution is -2.50. The summed E-state index contributed by atoms with van der Waals surface area (Å²) in [4.78, 5) is 12.5. The SMILES string of the molecule is CC(NC1CCCCC1O)C(=O)Nc1cc(C(C)(C)c2ccc(Cl)cc2)n[nH]1. The van der Waals surface area contributed by atoms with Crippen molar-refractivity contribution in [2.45, 2.75) is 70.1 Å². The smallest absolute Gasteiger partial charge is 0.242 e. The van der Waals surface area contributed by atoms with Gasteiger partial charge in [-0.2, -0.15) is 5.10 Å². The monoisotopic (exact) mass is 404 g/mol. The van der Waals surface area contributed by atoms with Crippen LogP contribution in [0.4, 0.5) is 5.82 Å². The molecule has 3 unspecified atom stereocenters. The summed E-state index contributed by atoms with van der Waals surface area (Å²) in [7, 11) is 0. The molecule has 0 saturated heterocycles. The van der Waals surface area contributed by atoms with Gasteiger partial charge in [-0.15, -0.1) is 0 Å². The standard InChI is InChI=1S/C21H29ClN4O2/c1-13(23-16-6-4-5-7-17(16)27)20(28)24-19-12-18(25-26-19)21(2,3)14-8-10-15(22)11-9-14/h8-13,16-17,23,27H,4-7H2,1-3H3,(H2,24,25,26,28). The molecule has 0 bridgehead atoms. The lowest BCUT2D eigenvalue weighted by molar-refractivity contribution is -0.118. The van der Waals surface area contributed by atoms with Crippen molar-refractivity contribution in [2.75, 3.05) is 5.32 Å². The molecule has 0 aliphatic heterocycles. The third-order valence-electron chi connectivity index (χ3n) is 5.63. The number of H-pyrrole nitrogens is 1. The number of halogens is 1. The van der Waals surface area contributed by atoms with E-state index >= 15 is 0 Å². The largest absolute Gasteiger partial charge is 0.392 e. The van der Waals surface area contributed by atoms with Gasteiger partial charge in [-0.05, 0) is 37.5 Å². The Morgan fingerprint density at radius 3 is 2.64 bits per heavy atom. The lowest BCUT2D eigenvalue weighted by atomic mass is 9.81. The summed E-state index contributed by atoms with van der Waals surface area (Å²) < 4.78 is 0. The number of hydrogen-bond donors (Lipinski definition) is 4. The highest BCUT2D eigenvalue weighted by molar-refractivity contribution is 6.30. The summed E-state index contributed by atoms with van der Waals surface area (Å²) in [5.41, 5.74) is 1.58. The van der Waals surface area contributed by atoms with Gasteiger partial charge in [0.1, 0.15) is 5.82 Å². The van der Waals surface area contributed by atoms with Crippen molar-refractivity contribution >= 4 is 23.3 Å². The van der Waals surface area contributed by atoms with Crippen molar-refractivity contribution in [3.63, 3.8) is 0 Å². The van der Waals surface area contributed by atoms with Crippen LogP contribution in [0.2, 0.25) is 5.02 Å². The van der Waals surface area contributed by atoms with Gasteiger partial charge in [0.25, 0.3) is 0 Å². The number of nitrogens with one attached hydrogen (secondary N) is 3. The number of benzene rings is 1. The van der Waals surface area contributed by atoms with E-state index in [1.807, 2.05) is 37.3 Å². The Labute approximate surface area is 171 Å². The predicted molar refractivity (Wildman–Crippen MR) is 112 cm³/mol. The van der Waals surface area contributed by atoms with Crippen LogP contribution < -0.4 is 10.6 Å². The van der Waals surface area contributed by atoms with Crippen molar-refractivity contribution < 1.29 is 9.90 Å². The van der Waals surface area contributed by atoms with Gasteiger partial charge < -0.3 is 15.7 Å². The minimum atomic E-state index is -0.409. The third kappa shape index (κ3) is 4.74. The minimum Gasteiger partial charge on any atom is -0.392 e. The van der Waals surface area contributed by atoms with Crippen molar-refractivity contribution in [3.8, 4) is 0 Å². The summed E-state index contributed by atoms with van der Waals surface area (Å²) in [6.45, 7) is 5.96. The van der Waals surface area contributed by atoms with E-state index < -0.39 is 6.04 Å². The Balaban J connectivity index is 1.63. The summed E-state index contributed by atoms with van der Waals surface area (Å²) in [6, 6.07) is 9.11. The maximum Gasteiger partial charge on any atom is 0.242 e. The van der Waals surface area contributed by atoms with Crippen LogP contribution in [-0.2, 0) is 10.2 Å². The normalized spacial score (nSPS) is 21.3. The van der Waals surface area contributed by atoms with Crippen LogP contribution in [0.15, 0.2) is 30.3 Å². The van der Waals surface area contributed by atoms with Gasteiger partial charge >= 0.3 is 0 Å². The Morgan fingerprint density at radius 2 is 1.96 bits per heavy atom. The molecule has 1 aromatic heterocycles. The maximum absolute atomic E-state index is 12.5. The van der Waals surface area contributed by atoms with Crippen molar-refractivity contribution in [1.29, 1.82) is 0 Å². The number of rotatable bonds is 6. The molecule has 0 spiro atoms. The van der Waals surface area contributed by atoms with Gasteiger partial charge in [0.05, 0.1) is 17.8 Å². The fourth-order valence-corrected chi connectivity index (χ4v) is 3.79. The van der Waals surface area contributed by atoms with Gasteiger partial charge in [-0.1, -0.05) is 50.4 Å². The number of hydrogen-bond acceptors (Lipinski definition) is 4. The molecule has 4 N–H and O–H groups in total. The van der Waals surface area contributed by atoms with E-state index in [2.05, 4.69) is 34.7 Å². The highest BCUT2D eigenvalue weighted by Crippen LogP contribution is 2.32. The highest BCUT2D eigenvalue weighted by atomic mass is 35.5. The molecule has 1 fully saturated rings. The number of carbonyl (C=O) groups excluding carboxylic acids is 1. The summed E-state index contributed by atoms with van der Waals surface area (Å²) >= 11 is 5.99. The van der Waals surface area contributed by atoms with E-state index in [-0.39, 0.29) is 23.5 Å². The van der Waals surface area contributed by atoms with E-state index in [0.717, 1.165) is 36.9 Å². The molecule has 1 aromatic carbocycles. The molecule has 2 aromatic rings. The number of amides is 1. The first-order valence-electron chi connectivity index (χ1n) is 9.84. The maximum atomic E-state index is 12.5. The number of nitrogens with zero attached hydrogens (tertiary/aromatic N) is 1. The minimum absolute atomic E-state index is 0.0318. The zero-order valence-electron chi connectivity index (χ0n) is 16.6. The molecule has 3 atom stereocenters. The van der Waals surface area contributed by atoms with Crippen LogP contribution in [-0.4, -0.2) is 39.4 Å². The molecule has 0 radical (unpaired) electrons. The van der Waals surface area contributed by atoms with E-state index in [1.54, 1.807) is 0 Å². The molecule has 152 valence electrons. The van der Waals surface area contributed by atoms with Crippen LogP contribution in [0.5, 0.6) is 0 Å². The van der Waals surface area contributed by atoms with Crippen LogP contribution in [0.3, 0.4) is 0 Å². The number of aromatic amines is 1. The number of anilines is 1. The van der Waals surface area contributed by atoms with E-state index in [9.17, 15) is 9.90 Å². The van der Waals surface area contributed by atoms with Crippen molar-refractivity contribution in [2.24, 2.45) is 0 Å². The number of aliphatic hydroxyl groups excluding tert-OH is 1. The van der Waals surface area contributed by atoms with Crippen molar-refractivity contribution in [1.82, 2.24) is 15.5 Å². The molecule has 7 heteroatoms. The molecular formula is C21H29ClN4O2. The molecule has 1 saturated carbocycles. The highest BCUT2D eigenvalue weighted by Gasteiger charge is 2.28. The molecule has 1 amide bonds. The molecule has 28 heavy (non-hydrogen) atoms. The predicted octanol–water partition coefficient (Wildman–Crippen LogP) is 3.61. The van der Waals surface area contributed by atoms with Gasteiger partial charge in [0.2, 0.25) is 5.91 Å². The van der Waals surface area contributed by atoms with E-state index in [0.29, 0.717) is 10.8 Å². The zero-order chi connectivity index (χ0) is 20.3. The molecule has 1 aliphatic carbocycles. The van der Waals surface area contributed by atoms with Crippen molar-refractivity contribution in [3.05, 3.63) is 46.6 Å².